The maximum atomic E-state index is 4.81. The van der Waals surface area contributed by atoms with Gasteiger partial charge in [0.25, 0.3) is 0 Å². The van der Waals surface area contributed by atoms with Crippen LogP contribution in [0.3, 0.4) is 0 Å². The van der Waals surface area contributed by atoms with Gasteiger partial charge in [0, 0.05) is 19.0 Å². The monoisotopic (exact) mass is 288 g/mol. The van der Waals surface area contributed by atoms with E-state index in [1.807, 2.05) is 11.3 Å². The van der Waals surface area contributed by atoms with Crippen LogP contribution in [0.2, 0.25) is 0 Å². The van der Waals surface area contributed by atoms with Crippen LogP contribution in [0.1, 0.15) is 38.6 Å². The summed E-state index contributed by atoms with van der Waals surface area (Å²) in [5, 5.41) is 4.99. The molecule has 20 heavy (non-hydrogen) atoms. The van der Waals surface area contributed by atoms with E-state index >= 15 is 0 Å². The van der Waals surface area contributed by atoms with Crippen molar-refractivity contribution in [3.05, 3.63) is 29.3 Å². The molecule has 1 aliphatic rings. The van der Waals surface area contributed by atoms with E-state index in [4.69, 9.17) is 4.98 Å². The Morgan fingerprint density at radius 3 is 2.75 bits per heavy atom. The lowest BCUT2D eigenvalue weighted by molar-refractivity contribution is 0.206. The molecule has 1 unspecified atom stereocenters. The molecule has 3 heteroatoms. The minimum Gasteiger partial charge on any atom is -0.313 e. The molecule has 108 valence electrons. The van der Waals surface area contributed by atoms with Crippen molar-refractivity contribution < 1.29 is 0 Å². The van der Waals surface area contributed by atoms with Crippen LogP contribution < -0.4 is 5.32 Å². The number of nitrogens with one attached hydrogen (secondary N) is 1. The van der Waals surface area contributed by atoms with Gasteiger partial charge in [0.05, 0.1) is 15.2 Å². The van der Waals surface area contributed by atoms with Crippen molar-refractivity contribution in [3.8, 4) is 0 Å². The molecule has 0 bridgehead atoms. The topological polar surface area (TPSA) is 24.9 Å². The molecule has 3 rings (SSSR count). The quantitative estimate of drug-likeness (QED) is 0.859. The summed E-state index contributed by atoms with van der Waals surface area (Å²) in [5.74, 6) is 0.653. The first kappa shape index (κ1) is 14.0. The second kappa shape index (κ2) is 5.45. The third-order valence-electron chi connectivity index (χ3n) is 4.66. The van der Waals surface area contributed by atoms with Gasteiger partial charge in [-0.3, -0.25) is 0 Å². The Kier molecular flexibility index (Phi) is 3.83. The van der Waals surface area contributed by atoms with Crippen LogP contribution in [0.15, 0.2) is 24.3 Å². The Labute approximate surface area is 125 Å². The van der Waals surface area contributed by atoms with E-state index in [9.17, 15) is 0 Å². The Morgan fingerprint density at radius 2 is 2.10 bits per heavy atom. The molecule has 1 aliphatic carbocycles. The highest BCUT2D eigenvalue weighted by Gasteiger charge is 2.32. The van der Waals surface area contributed by atoms with Crippen molar-refractivity contribution in [1.29, 1.82) is 0 Å². The van der Waals surface area contributed by atoms with Crippen molar-refractivity contribution in [2.75, 3.05) is 6.54 Å². The molecule has 1 heterocycles. The summed E-state index contributed by atoms with van der Waals surface area (Å²) >= 11 is 1.85. The highest BCUT2D eigenvalue weighted by molar-refractivity contribution is 7.18. The molecule has 1 fully saturated rings. The van der Waals surface area contributed by atoms with Crippen LogP contribution in [0.5, 0.6) is 0 Å². The molecule has 0 aliphatic heterocycles. The van der Waals surface area contributed by atoms with Gasteiger partial charge < -0.3 is 5.32 Å². The number of hydrogen-bond donors (Lipinski definition) is 1. The summed E-state index contributed by atoms with van der Waals surface area (Å²) in [5.41, 5.74) is 1.44. The number of hydrogen-bond acceptors (Lipinski definition) is 3. The highest BCUT2D eigenvalue weighted by atomic mass is 32.1. The van der Waals surface area contributed by atoms with Crippen molar-refractivity contribution in [2.24, 2.45) is 11.3 Å². The lowest BCUT2D eigenvalue weighted by Gasteiger charge is -2.33. The van der Waals surface area contributed by atoms with E-state index < -0.39 is 0 Å². The smallest absolute Gasteiger partial charge is 0.0944 e. The van der Waals surface area contributed by atoms with Crippen molar-refractivity contribution >= 4 is 21.6 Å². The summed E-state index contributed by atoms with van der Waals surface area (Å²) in [6.07, 6.45) is 3.79. The van der Waals surface area contributed by atoms with E-state index in [0.29, 0.717) is 5.92 Å². The van der Waals surface area contributed by atoms with Crippen LogP contribution in [0, 0.1) is 11.3 Å². The van der Waals surface area contributed by atoms with Crippen molar-refractivity contribution in [3.63, 3.8) is 0 Å². The number of nitrogens with zero attached hydrogens (tertiary/aromatic N) is 1. The van der Waals surface area contributed by atoms with Crippen molar-refractivity contribution in [2.45, 2.75) is 46.1 Å². The van der Waals surface area contributed by atoms with Gasteiger partial charge >= 0.3 is 0 Å². The van der Waals surface area contributed by atoms with Gasteiger partial charge in [-0.15, -0.1) is 11.3 Å². The summed E-state index contributed by atoms with van der Waals surface area (Å²) in [7, 11) is 0. The van der Waals surface area contributed by atoms with Gasteiger partial charge in [0.15, 0.2) is 0 Å². The second-order valence-corrected chi connectivity index (χ2v) is 7.83. The second-order valence-electron chi connectivity index (χ2n) is 6.72. The molecule has 2 aromatic rings. The zero-order valence-corrected chi connectivity index (χ0v) is 13.5. The highest BCUT2D eigenvalue weighted by Crippen LogP contribution is 2.34. The van der Waals surface area contributed by atoms with Crippen LogP contribution in [0.25, 0.3) is 10.2 Å². The van der Waals surface area contributed by atoms with Gasteiger partial charge in [-0.1, -0.05) is 32.9 Å². The molecule has 0 saturated heterocycles. The molecule has 1 aromatic carbocycles. The fraction of sp³-hybridized carbons (Fsp3) is 0.588. The lowest BCUT2D eigenvalue weighted by atomic mass is 9.76. The standard InChI is InChI=1S/C17H24N2S/c1-12(2)17(3,11-18-13-8-9-13)10-16-19-14-6-4-5-7-15(14)20-16/h4-7,12-13,18H,8-11H2,1-3H3. The van der Waals surface area contributed by atoms with E-state index in [1.54, 1.807) is 0 Å². The number of rotatable bonds is 6. The van der Waals surface area contributed by atoms with Gasteiger partial charge in [0.1, 0.15) is 0 Å². The first-order valence-corrected chi connectivity index (χ1v) is 8.46. The Hall–Kier alpha value is -0.930. The van der Waals surface area contributed by atoms with E-state index in [-0.39, 0.29) is 5.41 Å². The third-order valence-corrected chi connectivity index (χ3v) is 5.70. The molecule has 1 atom stereocenters. The predicted molar refractivity (Wildman–Crippen MR) is 87.3 cm³/mol. The Balaban J connectivity index is 1.77. The van der Waals surface area contributed by atoms with E-state index in [2.05, 4.69) is 50.4 Å². The maximum absolute atomic E-state index is 4.81. The zero-order chi connectivity index (χ0) is 14.2. The average molecular weight is 288 g/mol. The molecule has 1 aromatic heterocycles. The minimum atomic E-state index is 0.288. The van der Waals surface area contributed by atoms with Crippen LogP contribution in [-0.4, -0.2) is 17.6 Å². The lowest BCUT2D eigenvalue weighted by Crippen LogP contribution is -2.38. The summed E-state index contributed by atoms with van der Waals surface area (Å²) < 4.78 is 1.31. The first-order chi connectivity index (χ1) is 9.57. The minimum absolute atomic E-state index is 0.288. The molecular formula is C17H24N2S. The van der Waals surface area contributed by atoms with E-state index in [1.165, 1.54) is 22.5 Å². The number of para-hydroxylation sites is 1. The normalized spacial score (nSPS) is 18.6. The molecule has 0 spiro atoms. The van der Waals surface area contributed by atoms with Gasteiger partial charge in [-0.25, -0.2) is 4.98 Å². The first-order valence-electron chi connectivity index (χ1n) is 7.65. The maximum Gasteiger partial charge on any atom is 0.0944 e. The number of benzene rings is 1. The summed E-state index contributed by atoms with van der Waals surface area (Å²) in [6, 6.07) is 9.24. The average Bonchev–Trinajstić information content (AvgIpc) is 3.15. The van der Waals surface area contributed by atoms with Gasteiger partial charge in [-0.2, -0.15) is 0 Å². The molecule has 1 N–H and O–H groups in total. The predicted octanol–water partition coefficient (Wildman–Crippen LogP) is 4.25. The summed E-state index contributed by atoms with van der Waals surface area (Å²) in [6.45, 7) is 8.17. The van der Waals surface area contributed by atoms with E-state index in [0.717, 1.165) is 24.5 Å². The molecule has 2 nitrogen and oxygen atoms in total. The Bertz CT molecular complexity index is 552. The SMILES string of the molecule is CC(C)C(C)(CNC1CC1)Cc1nc2ccccc2s1. The fourth-order valence-corrected chi connectivity index (χ4v) is 3.64. The molecule has 0 radical (unpaired) electrons. The van der Waals surface area contributed by atoms with Crippen LogP contribution >= 0.6 is 11.3 Å². The van der Waals surface area contributed by atoms with Gasteiger partial charge in [0.2, 0.25) is 0 Å². The third kappa shape index (κ3) is 3.04. The Morgan fingerprint density at radius 1 is 1.35 bits per heavy atom. The van der Waals surface area contributed by atoms with Crippen LogP contribution in [-0.2, 0) is 6.42 Å². The molecular weight excluding hydrogens is 264 g/mol. The van der Waals surface area contributed by atoms with Gasteiger partial charge in [-0.05, 0) is 36.3 Å². The summed E-state index contributed by atoms with van der Waals surface area (Å²) in [4.78, 5) is 4.81. The molecule has 1 saturated carbocycles. The number of aromatic nitrogens is 1. The molecule has 0 amide bonds. The van der Waals surface area contributed by atoms with Crippen molar-refractivity contribution in [1.82, 2.24) is 10.3 Å². The van der Waals surface area contributed by atoms with Crippen LogP contribution in [0.4, 0.5) is 0 Å². The fourth-order valence-electron chi connectivity index (χ4n) is 2.48. The number of thiazole rings is 1. The largest absolute Gasteiger partial charge is 0.313 e. The number of fused-ring (bicyclic) bond motifs is 1. The zero-order valence-electron chi connectivity index (χ0n) is 12.6.